The van der Waals surface area contributed by atoms with Crippen LogP contribution in [0.2, 0.25) is 0 Å². The minimum atomic E-state index is 0.267. The minimum absolute atomic E-state index is 0.267. The molecule has 1 heterocycles. The maximum absolute atomic E-state index is 5.93. The highest BCUT2D eigenvalue weighted by Crippen LogP contribution is 2.38. The maximum Gasteiger partial charge on any atom is 0.0435 e. The second-order valence-electron chi connectivity index (χ2n) is 5.24. The minimum Gasteiger partial charge on any atom is -0.369 e. The third-order valence-electron chi connectivity index (χ3n) is 3.81. The van der Waals surface area contributed by atoms with Crippen molar-refractivity contribution in [1.29, 1.82) is 0 Å². The van der Waals surface area contributed by atoms with E-state index in [1.165, 1.54) is 31.4 Å². The average molecular weight is 216 g/mol. The van der Waals surface area contributed by atoms with Crippen LogP contribution in [-0.2, 0) is 19.3 Å². The molecule has 2 nitrogen and oxygen atoms in total. The molecule has 0 fully saturated rings. The van der Waals surface area contributed by atoms with Crippen molar-refractivity contribution in [2.45, 2.75) is 38.6 Å². The van der Waals surface area contributed by atoms with Gasteiger partial charge in [-0.25, -0.2) is 0 Å². The van der Waals surface area contributed by atoms with E-state index < -0.39 is 0 Å². The van der Waals surface area contributed by atoms with Crippen LogP contribution in [0.4, 0.5) is 5.69 Å². The quantitative estimate of drug-likeness (QED) is 0.818. The number of rotatable bonds is 2. The standard InChI is InChI=1S/C14H20N2/c1-10(15)9-16-8-7-12-6-5-11-3-2-4-13(11)14(12)16/h5-6,10H,2-4,7-9,15H2,1H3/t10-/m0/s1. The molecule has 0 amide bonds. The third kappa shape index (κ3) is 1.52. The van der Waals surface area contributed by atoms with Crippen LogP contribution in [0.25, 0.3) is 0 Å². The summed E-state index contributed by atoms with van der Waals surface area (Å²) < 4.78 is 0. The first-order valence-corrected chi connectivity index (χ1v) is 6.40. The summed E-state index contributed by atoms with van der Waals surface area (Å²) in [5, 5.41) is 0. The topological polar surface area (TPSA) is 29.3 Å². The molecule has 0 bridgehead atoms. The predicted molar refractivity (Wildman–Crippen MR) is 68.0 cm³/mol. The van der Waals surface area contributed by atoms with E-state index in [2.05, 4.69) is 24.0 Å². The molecule has 2 heteroatoms. The van der Waals surface area contributed by atoms with Gasteiger partial charge in [-0.2, -0.15) is 0 Å². The summed E-state index contributed by atoms with van der Waals surface area (Å²) in [5.41, 5.74) is 12.2. The zero-order valence-corrected chi connectivity index (χ0v) is 10.00. The van der Waals surface area contributed by atoms with Gasteiger partial charge in [0.1, 0.15) is 0 Å². The Labute approximate surface area is 97.4 Å². The monoisotopic (exact) mass is 216 g/mol. The van der Waals surface area contributed by atoms with E-state index in [4.69, 9.17) is 5.73 Å². The van der Waals surface area contributed by atoms with Gasteiger partial charge in [-0.15, -0.1) is 0 Å². The molecule has 0 unspecified atom stereocenters. The van der Waals surface area contributed by atoms with Crippen molar-refractivity contribution in [3.63, 3.8) is 0 Å². The van der Waals surface area contributed by atoms with Crippen LogP contribution in [-0.4, -0.2) is 19.1 Å². The summed E-state index contributed by atoms with van der Waals surface area (Å²) in [5.74, 6) is 0. The number of nitrogens with zero attached hydrogens (tertiary/aromatic N) is 1. The average Bonchev–Trinajstić information content (AvgIpc) is 2.82. The first-order valence-electron chi connectivity index (χ1n) is 6.40. The Morgan fingerprint density at radius 3 is 2.88 bits per heavy atom. The summed E-state index contributed by atoms with van der Waals surface area (Å²) in [6.45, 7) is 4.26. The van der Waals surface area contributed by atoms with Crippen molar-refractivity contribution in [2.24, 2.45) is 5.73 Å². The van der Waals surface area contributed by atoms with Gasteiger partial charge >= 0.3 is 0 Å². The lowest BCUT2D eigenvalue weighted by Crippen LogP contribution is -2.34. The van der Waals surface area contributed by atoms with E-state index in [0.29, 0.717) is 0 Å². The van der Waals surface area contributed by atoms with Gasteiger partial charge in [0.25, 0.3) is 0 Å². The molecule has 0 aromatic heterocycles. The highest BCUT2D eigenvalue weighted by Gasteiger charge is 2.26. The van der Waals surface area contributed by atoms with E-state index >= 15 is 0 Å². The molecular formula is C14H20N2. The Morgan fingerprint density at radius 1 is 1.25 bits per heavy atom. The van der Waals surface area contributed by atoms with Crippen LogP contribution in [0.3, 0.4) is 0 Å². The first kappa shape index (κ1) is 10.2. The van der Waals surface area contributed by atoms with Gasteiger partial charge in [0.15, 0.2) is 0 Å². The molecule has 0 spiro atoms. The molecule has 2 N–H and O–H groups in total. The molecule has 1 atom stereocenters. The number of aryl methyl sites for hydroxylation is 1. The zero-order chi connectivity index (χ0) is 11.1. The number of nitrogens with two attached hydrogens (primary N) is 1. The number of anilines is 1. The summed E-state index contributed by atoms with van der Waals surface area (Å²) in [7, 11) is 0. The van der Waals surface area contributed by atoms with Crippen molar-refractivity contribution < 1.29 is 0 Å². The third-order valence-corrected chi connectivity index (χ3v) is 3.81. The van der Waals surface area contributed by atoms with Gasteiger partial charge in [-0.3, -0.25) is 0 Å². The number of fused-ring (bicyclic) bond motifs is 3. The second-order valence-corrected chi connectivity index (χ2v) is 5.24. The lowest BCUT2D eigenvalue weighted by atomic mass is 10.0. The SMILES string of the molecule is C[C@H](N)CN1CCc2ccc3c(c21)CCC3. The molecule has 1 aliphatic heterocycles. The van der Waals surface area contributed by atoms with Crippen LogP contribution in [0.1, 0.15) is 30.0 Å². The second kappa shape index (κ2) is 3.77. The predicted octanol–water partition coefficient (Wildman–Crippen LogP) is 1.89. The van der Waals surface area contributed by atoms with E-state index in [9.17, 15) is 0 Å². The maximum atomic E-state index is 5.93. The fraction of sp³-hybridized carbons (Fsp3) is 0.571. The molecule has 1 aromatic rings. The molecule has 0 saturated heterocycles. The molecule has 1 aliphatic carbocycles. The van der Waals surface area contributed by atoms with Crippen molar-refractivity contribution in [2.75, 3.05) is 18.0 Å². The van der Waals surface area contributed by atoms with Crippen LogP contribution >= 0.6 is 0 Å². The van der Waals surface area contributed by atoms with Gasteiger partial charge in [0.2, 0.25) is 0 Å². The van der Waals surface area contributed by atoms with E-state index in [1.54, 1.807) is 16.7 Å². The van der Waals surface area contributed by atoms with Gasteiger partial charge in [0.05, 0.1) is 0 Å². The number of hydrogen-bond donors (Lipinski definition) is 1. The van der Waals surface area contributed by atoms with Crippen molar-refractivity contribution >= 4 is 5.69 Å². The van der Waals surface area contributed by atoms with E-state index in [1.807, 2.05) is 0 Å². The Kier molecular flexibility index (Phi) is 2.40. The van der Waals surface area contributed by atoms with Gasteiger partial charge in [0, 0.05) is 24.8 Å². The van der Waals surface area contributed by atoms with Crippen LogP contribution in [0.15, 0.2) is 12.1 Å². The van der Waals surface area contributed by atoms with Gasteiger partial charge in [-0.05, 0) is 49.3 Å². The van der Waals surface area contributed by atoms with Crippen LogP contribution in [0.5, 0.6) is 0 Å². The number of benzene rings is 1. The molecule has 0 saturated carbocycles. The van der Waals surface area contributed by atoms with E-state index in [-0.39, 0.29) is 6.04 Å². The van der Waals surface area contributed by atoms with Crippen molar-refractivity contribution in [3.05, 3.63) is 28.8 Å². The molecule has 1 aromatic carbocycles. The first-order chi connectivity index (χ1) is 7.75. The molecular weight excluding hydrogens is 196 g/mol. The Bertz CT molecular complexity index is 409. The summed E-state index contributed by atoms with van der Waals surface area (Å²) in [6, 6.07) is 4.94. The van der Waals surface area contributed by atoms with Crippen LogP contribution in [0, 0.1) is 0 Å². The molecule has 3 rings (SSSR count). The summed E-state index contributed by atoms with van der Waals surface area (Å²) in [4.78, 5) is 2.50. The van der Waals surface area contributed by atoms with Gasteiger partial charge in [-0.1, -0.05) is 12.1 Å². The smallest absolute Gasteiger partial charge is 0.0435 e. The van der Waals surface area contributed by atoms with Gasteiger partial charge < -0.3 is 10.6 Å². The fourth-order valence-corrected chi connectivity index (χ4v) is 3.19. The summed E-state index contributed by atoms with van der Waals surface area (Å²) >= 11 is 0. The molecule has 0 radical (unpaired) electrons. The lowest BCUT2D eigenvalue weighted by molar-refractivity contribution is 0.692. The highest BCUT2D eigenvalue weighted by atomic mass is 15.2. The largest absolute Gasteiger partial charge is 0.369 e. The molecule has 16 heavy (non-hydrogen) atoms. The van der Waals surface area contributed by atoms with Crippen molar-refractivity contribution in [1.82, 2.24) is 0 Å². The Hall–Kier alpha value is -1.02. The lowest BCUT2D eigenvalue weighted by Gasteiger charge is -2.24. The van der Waals surface area contributed by atoms with E-state index in [0.717, 1.165) is 13.1 Å². The Balaban J connectivity index is 2.00. The fourth-order valence-electron chi connectivity index (χ4n) is 3.19. The van der Waals surface area contributed by atoms with Crippen LogP contribution < -0.4 is 10.6 Å². The summed E-state index contributed by atoms with van der Waals surface area (Å²) in [6.07, 6.45) is 5.08. The van der Waals surface area contributed by atoms with Crippen molar-refractivity contribution in [3.8, 4) is 0 Å². The highest BCUT2D eigenvalue weighted by molar-refractivity contribution is 5.66. The number of hydrogen-bond acceptors (Lipinski definition) is 2. The molecule has 2 aliphatic rings. The Morgan fingerprint density at radius 2 is 2.06 bits per heavy atom. The normalized spacial score (nSPS) is 19.8. The zero-order valence-electron chi connectivity index (χ0n) is 10.00. The molecule has 86 valence electrons.